The largest absolute Gasteiger partial charge is 0.459 e. The molecular formula is C10H10N2O2. The van der Waals surface area contributed by atoms with Gasteiger partial charge in [-0.3, -0.25) is 4.79 Å². The highest BCUT2D eigenvalue weighted by atomic mass is 16.5. The van der Waals surface area contributed by atoms with Gasteiger partial charge in [0.15, 0.2) is 0 Å². The molecule has 0 N–H and O–H groups in total. The molecule has 0 atom stereocenters. The molecule has 0 aliphatic carbocycles. The van der Waals surface area contributed by atoms with Crippen molar-refractivity contribution in [2.75, 3.05) is 0 Å². The lowest BCUT2D eigenvalue weighted by Gasteiger charge is -2.02. The van der Waals surface area contributed by atoms with E-state index in [9.17, 15) is 4.79 Å². The van der Waals surface area contributed by atoms with Crippen LogP contribution in [0.1, 0.15) is 24.7 Å². The summed E-state index contributed by atoms with van der Waals surface area (Å²) in [6.07, 6.45) is 0.345. The molecule has 0 bridgehead atoms. The number of carbonyl (C=O) groups is 1. The number of hydrogen-bond acceptors (Lipinski definition) is 4. The number of ether oxygens (including phenoxy) is 1. The maximum atomic E-state index is 10.8. The van der Waals surface area contributed by atoms with E-state index in [0.717, 1.165) is 0 Å². The minimum Gasteiger partial charge on any atom is -0.459 e. The Morgan fingerprint density at radius 1 is 1.64 bits per heavy atom. The van der Waals surface area contributed by atoms with E-state index in [2.05, 4.69) is 4.98 Å². The van der Waals surface area contributed by atoms with E-state index in [1.807, 2.05) is 6.07 Å². The molecule has 0 saturated carbocycles. The molecule has 1 aromatic rings. The first kappa shape index (κ1) is 10.2. The van der Waals surface area contributed by atoms with Crippen molar-refractivity contribution in [3.63, 3.8) is 0 Å². The van der Waals surface area contributed by atoms with E-state index in [4.69, 9.17) is 10.00 Å². The van der Waals surface area contributed by atoms with Crippen LogP contribution < -0.4 is 0 Å². The number of pyridine rings is 1. The fraction of sp³-hybridized carbons (Fsp3) is 0.300. The highest BCUT2D eigenvalue weighted by Gasteiger charge is 2.01. The molecule has 0 fully saturated rings. The summed E-state index contributed by atoms with van der Waals surface area (Å²) >= 11 is 0. The van der Waals surface area contributed by atoms with E-state index < -0.39 is 0 Å². The zero-order valence-corrected chi connectivity index (χ0v) is 7.86. The van der Waals surface area contributed by atoms with Crippen LogP contribution in [0.3, 0.4) is 0 Å². The Hall–Kier alpha value is -1.89. The standard InChI is InChI=1S/C10H10N2O2/c1-2-10(13)14-7-9-5-3-4-8(6-11)12-9/h3-5H,2,7H2,1H3. The van der Waals surface area contributed by atoms with E-state index in [1.54, 1.807) is 25.1 Å². The van der Waals surface area contributed by atoms with Crippen molar-refractivity contribution in [2.24, 2.45) is 0 Å². The quantitative estimate of drug-likeness (QED) is 0.676. The molecule has 0 spiro atoms. The highest BCUT2D eigenvalue weighted by Crippen LogP contribution is 2.00. The molecule has 1 aromatic heterocycles. The summed E-state index contributed by atoms with van der Waals surface area (Å²) in [5.41, 5.74) is 0.917. The van der Waals surface area contributed by atoms with Crippen LogP contribution in [0.2, 0.25) is 0 Å². The first-order valence-corrected chi connectivity index (χ1v) is 4.28. The lowest BCUT2D eigenvalue weighted by Crippen LogP contribution is -2.04. The fourth-order valence-corrected chi connectivity index (χ4v) is 0.879. The zero-order valence-electron chi connectivity index (χ0n) is 7.86. The minimum atomic E-state index is -0.269. The highest BCUT2D eigenvalue weighted by molar-refractivity contribution is 5.68. The third-order valence-corrected chi connectivity index (χ3v) is 1.59. The van der Waals surface area contributed by atoms with Crippen LogP contribution in [0.4, 0.5) is 0 Å². The van der Waals surface area contributed by atoms with Gasteiger partial charge in [-0.25, -0.2) is 4.98 Å². The Morgan fingerprint density at radius 2 is 2.43 bits per heavy atom. The van der Waals surface area contributed by atoms with Crippen molar-refractivity contribution < 1.29 is 9.53 Å². The summed E-state index contributed by atoms with van der Waals surface area (Å²) in [5, 5.41) is 8.57. The van der Waals surface area contributed by atoms with E-state index in [1.165, 1.54) is 0 Å². The maximum absolute atomic E-state index is 10.8. The van der Waals surface area contributed by atoms with Crippen molar-refractivity contribution in [2.45, 2.75) is 20.0 Å². The molecule has 0 radical (unpaired) electrons. The van der Waals surface area contributed by atoms with Crippen LogP contribution >= 0.6 is 0 Å². The third kappa shape index (κ3) is 2.87. The maximum Gasteiger partial charge on any atom is 0.305 e. The van der Waals surface area contributed by atoms with Gasteiger partial charge in [0.25, 0.3) is 0 Å². The molecule has 1 heterocycles. The van der Waals surface area contributed by atoms with Crippen LogP contribution in [0.15, 0.2) is 18.2 Å². The minimum absolute atomic E-state index is 0.127. The molecule has 14 heavy (non-hydrogen) atoms. The first-order valence-electron chi connectivity index (χ1n) is 4.28. The molecule has 0 amide bonds. The van der Waals surface area contributed by atoms with E-state index in [-0.39, 0.29) is 12.6 Å². The molecule has 0 saturated heterocycles. The Kier molecular flexibility index (Phi) is 3.62. The average molecular weight is 190 g/mol. The number of esters is 1. The van der Waals surface area contributed by atoms with Crippen molar-refractivity contribution >= 4 is 5.97 Å². The van der Waals surface area contributed by atoms with Gasteiger partial charge in [0.1, 0.15) is 18.4 Å². The number of nitrogens with zero attached hydrogens (tertiary/aromatic N) is 2. The number of nitriles is 1. The van der Waals surface area contributed by atoms with Gasteiger partial charge in [-0.1, -0.05) is 13.0 Å². The second-order valence-electron chi connectivity index (χ2n) is 2.64. The van der Waals surface area contributed by atoms with Crippen LogP contribution in [0, 0.1) is 11.3 Å². The Balaban J connectivity index is 2.60. The Morgan fingerprint density at radius 3 is 3.07 bits per heavy atom. The van der Waals surface area contributed by atoms with Gasteiger partial charge >= 0.3 is 5.97 Å². The molecule has 0 aliphatic heterocycles. The Bertz CT molecular complexity index is 369. The summed E-state index contributed by atoms with van der Waals surface area (Å²) in [7, 11) is 0. The average Bonchev–Trinajstić information content (AvgIpc) is 2.26. The van der Waals surface area contributed by atoms with Gasteiger partial charge in [0, 0.05) is 6.42 Å². The van der Waals surface area contributed by atoms with Gasteiger partial charge in [-0.15, -0.1) is 0 Å². The van der Waals surface area contributed by atoms with Crippen molar-refractivity contribution in [1.82, 2.24) is 4.98 Å². The predicted molar refractivity (Wildman–Crippen MR) is 49.0 cm³/mol. The van der Waals surface area contributed by atoms with Gasteiger partial charge in [-0.05, 0) is 12.1 Å². The van der Waals surface area contributed by atoms with Gasteiger partial charge in [-0.2, -0.15) is 5.26 Å². The second kappa shape index (κ2) is 4.97. The van der Waals surface area contributed by atoms with Crippen molar-refractivity contribution in [3.05, 3.63) is 29.6 Å². The van der Waals surface area contributed by atoms with Crippen LogP contribution in [-0.2, 0) is 16.1 Å². The lowest BCUT2D eigenvalue weighted by atomic mass is 10.3. The second-order valence-corrected chi connectivity index (χ2v) is 2.64. The van der Waals surface area contributed by atoms with Crippen LogP contribution in [0.25, 0.3) is 0 Å². The molecular weight excluding hydrogens is 180 g/mol. The van der Waals surface area contributed by atoms with Crippen LogP contribution in [-0.4, -0.2) is 11.0 Å². The smallest absolute Gasteiger partial charge is 0.305 e. The van der Waals surface area contributed by atoms with Crippen LogP contribution in [0.5, 0.6) is 0 Å². The van der Waals surface area contributed by atoms with Gasteiger partial charge in [0.2, 0.25) is 0 Å². The van der Waals surface area contributed by atoms with E-state index in [0.29, 0.717) is 17.8 Å². The fourth-order valence-electron chi connectivity index (χ4n) is 0.879. The number of carbonyl (C=O) groups excluding carboxylic acids is 1. The summed E-state index contributed by atoms with van der Waals surface area (Å²) in [6, 6.07) is 6.94. The third-order valence-electron chi connectivity index (χ3n) is 1.59. The monoisotopic (exact) mass is 190 g/mol. The number of aromatic nitrogens is 1. The predicted octanol–water partition coefficient (Wildman–Crippen LogP) is 1.41. The summed E-state index contributed by atoms with van der Waals surface area (Å²) < 4.78 is 4.87. The normalized spacial score (nSPS) is 9.14. The SMILES string of the molecule is CCC(=O)OCc1cccc(C#N)n1. The Labute approximate surface area is 82.1 Å². The molecule has 0 aromatic carbocycles. The molecule has 0 unspecified atom stereocenters. The zero-order chi connectivity index (χ0) is 10.4. The van der Waals surface area contributed by atoms with Gasteiger partial charge in [0.05, 0.1) is 5.69 Å². The molecule has 72 valence electrons. The first-order chi connectivity index (χ1) is 6.76. The van der Waals surface area contributed by atoms with Crippen molar-refractivity contribution in [3.8, 4) is 6.07 Å². The van der Waals surface area contributed by atoms with Crippen molar-refractivity contribution in [1.29, 1.82) is 5.26 Å². The molecule has 4 heteroatoms. The lowest BCUT2D eigenvalue weighted by molar-refractivity contribution is -0.144. The van der Waals surface area contributed by atoms with E-state index >= 15 is 0 Å². The number of hydrogen-bond donors (Lipinski definition) is 0. The summed E-state index contributed by atoms with van der Waals surface area (Å²) in [4.78, 5) is 14.8. The molecule has 4 nitrogen and oxygen atoms in total. The van der Waals surface area contributed by atoms with Gasteiger partial charge < -0.3 is 4.74 Å². The number of rotatable bonds is 3. The molecule has 0 aliphatic rings. The molecule has 1 rings (SSSR count). The topological polar surface area (TPSA) is 63.0 Å². The summed E-state index contributed by atoms with van der Waals surface area (Å²) in [6.45, 7) is 1.85. The summed E-state index contributed by atoms with van der Waals surface area (Å²) in [5.74, 6) is -0.269.